The Morgan fingerprint density at radius 3 is 1.62 bits per heavy atom. The third kappa shape index (κ3) is 27.8. The Balaban J connectivity index is 4.39. The maximum Gasteiger partial charge on any atom is 0.326 e. The zero-order valence-electron chi connectivity index (χ0n) is 29.5. The van der Waals surface area contributed by atoms with Crippen LogP contribution in [-0.2, 0) is 19.2 Å². The van der Waals surface area contributed by atoms with E-state index in [-0.39, 0.29) is 30.6 Å². The number of carboxylic acid groups (broad SMARTS) is 1. The van der Waals surface area contributed by atoms with Gasteiger partial charge in [0.15, 0.2) is 0 Å². The highest BCUT2D eigenvalue weighted by Crippen LogP contribution is 2.13. The molecule has 5 N–H and O–H groups in total. The Labute approximate surface area is 275 Å². The predicted molar refractivity (Wildman–Crippen MR) is 185 cm³/mol. The third-order valence-electron chi connectivity index (χ3n) is 8.31. The summed E-state index contributed by atoms with van der Waals surface area (Å²) in [6.07, 6.45) is 21.3. The van der Waals surface area contributed by atoms with Crippen molar-refractivity contribution in [3.05, 3.63) is 0 Å². The summed E-state index contributed by atoms with van der Waals surface area (Å²) in [5.74, 6) is -1.39. The molecule has 0 rings (SSSR count). The van der Waals surface area contributed by atoms with Gasteiger partial charge in [-0.15, -0.1) is 0 Å². The summed E-state index contributed by atoms with van der Waals surface area (Å²) in [5, 5.41) is 21.3. The van der Waals surface area contributed by atoms with Gasteiger partial charge in [-0.05, 0) is 57.5 Å². The van der Waals surface area contributed by atoms with Crippen LogP contribution < -0.4 is 21.3 Å². The van der Waals surface area contributed by atoms with Gasteiger partial charge in [-0.3, -0.25) is 14.4 Å². The minimum absolute atomic E-state index is 0.0184. The van der Waals surface area contributed by atoms with Crippen molar-refractivity contribution in [2.24, 2.45) is 5.92 Å². The fraction of sp³-hybridized carbons (Fsp3) is 0.889. The molecule has 0 unspecified atom stereocenters. The molecule has 0 aliphatic rings. The monoisotopic (exact) mass is 639 g/mol. The van der Waals surface area contributed by atoms with Crippen molar-refractivity contribution >= 4 is 23.7 Å². The van der Waals surface area contributed by atoms with Gasteiger partial charge in [0.1, 0.15) is 12.1 Å². The molecule has 9 heteroatoms. The molecule has 0 saturated heterocycles. The Morgan fingerprint density at radius 2 is 1.07 bits per heavy atom. The average Bonchev–Trinajstić information content (AvgIpc) is 3.00. The maximum atomic E-state index is 12.9. The number of carbonyl (C=O) groups excluding carboxylic acids is 3. The molecule has 9 nitrogen and oxygen atoms in total. The second-order valence-electron chi connectivity index (χ2n) is 13.1. The van der Waals surface area contributed by atoms with Crippen molar-refractivity contribution in [1.82, 2.24) is 21.3 Å². The van der Waals surface area contributed by atoms with Gasteiger partial charge >= 0.3 is 5.97 Å². The van der Waals surface area contributed by atoms with Gasteiger partial charge in [-0.25, -0.2) is 4.79 Å². The van der Waals surface area contributed by atoms with Crippen molar-refractivity contribution in [3.8, 4) is 0 Å². The highest BCUT2D eigenvalue weighted by Gasteiger charge is 2.24. The van der Waals surface area contributed by atoms with E-state index < -0.39 is 18.1 Å². The summed E-state index contributed by atoms with van der Waals surface area (Å²) in [5.41, 5.74) is 0. The van der Waals surface area contributed by atoms with E-state index in [1.54, 1.807) is 0 Å². The molecular weight excluding hydrogens is 568 g/mol. The quantitative estimate of drug-likeness (QED) is 0.0502. The number of carboxylic acids is 1. The van der Waals surface area contributed by atoms with Gasteiger partial charge < -0.3 is 26.4 Å². The summed E-state index contributed by atoms with van der Waals surface area (Å²) >= 11 is 0. The molecule has 0 aromatic rings. The van der Waals surface area contributed by atoms with Crippen LogP contribution in [-0.4, -0.2) is 60.5 Å². The van der Waals surface area contributed by atoms with Crippen LogP contribution in [0, 0.1) is 5.92 Å². The molecule has 0 aromatic heterocycles. The fourth-order valence-electron chi connectivity index (χ4n) is 5.43. The Hall–Kier alpha value is -2.16. The number of rotatable bonds is 32. The normalized spacial score (nSPS) is 12.6. The molecule has 264 valence electrons. The predicted octanol–water partition coefficient (Wildman–Crippen LogP) is 7.02. The van der Waals surface area contributed by atoms with Gasteiger partial charge in [0.2, 0.25) is 17.7 Å². The summed E-state index contributed by atoms with van der Waals surface area (Å²) in [6.45, 7) is 11.0. The SMILES string of the molecule is CCCCCCCCCCCCCCCC(=O)N[C@@H](CCC(=O)N[C@@H](CCCCNCC)C(=O)NCCCCC(C)C)C(=O)O. The van der Waals surface area contributed by atoms with E-state index in [9.17, 15) is 24.3 Å². The van der Waals surface area contributed by atoms with Crippen LogP contribution in [0.5, 0.6) is 0 Å². The van der Waals surface area contributed by atoms with Gasteiger partial charge in [0.05, 0.1) is 0 Å². The second-order valence-corrected chi connectivity index (χ2v) is 13.1. The lowest BCUT2D eigenvalue weighted by molar-refractivity contribution is -0.142. The minimum Gasteiger partial charge on any atom is -0.480 e. The molecule has 0 aliphatic heterocycles. The molecule has 2 atom stereocenters. The van der Waals surface area contributed by atoms with Crippen molar-refractivity contribution in [2.75, 3.05) is 19.6 Å². The fourth-order valence-corrected chi connectivity index (χ4v) is 5.43. The molecule has 0 radical (unpaired) electrons. The van der Waals surface area contributed by atoms with Crippen LogP contribution in [0.3, 0.4) is 0 Å². The highest BCUT2D eigenvalue weighted by atomic mass is 16.4. The lowest BCUT2D eigenvalue weighted by Crippen LogP contribution is -2.47. The van der Waals surface area contributed by atoms with Gasteiger partial charge in [-0.1, -0.05) is 118 Å². The Bertz CT molecular complexity index is 762. The molecule has 3 amide bonds. The molecule has 0 saturated carbocycles. The van der Waals surface area contributed by atoms with Crippen molar-refractivity contribution in [2.45, 2.75) is 181 Å². The largest absolute Gasteiger partial charge is 0.480 e. The van der Waals surface area contributed by atoms with Gasteiger partial charge in [0, 0.05) is 19.4 Å². The summed E-state index contributed by atoms with van der Waals surface area (Å²) in [7, 11) is 0. The highest BCUT2D eigenvalue weighted by molar-refractivity contribution is 5.88. The first-order chi connectivity index (χ1) is 21.7. The molecule has 0 heterocycles. The van der Waals surface area contributed by atoms with Crippen LogP contribution in [0.15, 0.2) is 0 Å². The molecule has 0 aromatic carbocycles. The van der Waals surface area contributed by atoms with Gasteiger partial charge in [-0.2, -0.15) is 0 Å². The number of aliphatic carboxylic acids is 1. The van der Waals surface area contributed by atoms with Crippen molar-refractivity contribution in [3.63, 3.8) is 0 Å². The van der Waals surface area contributed by atoms with Crippen molar-refractivity contribution < 1.29 is 24.3 Å². The zero-order valence-corrected chi connectivity index (χ0v) is 29.5. The van der Waals surface area contributed by atoms with E-state index in [4.69, 9.17) is 0 Å². The zero-order chi connectivity index (χ0) is 33.5. The molecular formula is C36H70N4O5. The number of amides is 3. The van der Waals surface area contributed by atoms with Gasteiger partial charge in [0.25, 0.3) is 0 Å². The smallest absolute Gasteiger partial charge is 0.326 e. The standard InChI is InChI=1S/C36H70N4O5/c1-5-7-8-9-10-11-12-13-14-15-16-17-18-25-33(41)40-32(36(44)45)26-27-34(42)39-31(24-20-21-28-37-6-2)35(43)38-29-22-19-23-30(3)4/h30-32,37H,5-29H2,1-4H3,(H,38,43)(H,39,42)(H,40,41)(H,44,45)/t31-,32-/m0/s1. The lowest BCUT2D eigenvalue weighted by Gasteiger charge is -2.20. The first-order valence-electron chi connectivity index (χ1n) is 18.5. The first-order valence-corrected chi connectivity index (χ1v) is 18.5. The molecule has 0 bridgehead atoms. The number of nitrogens with one attached hydrogen (secondary N) is 4. The van der Waals surface area contributed by atoms with Crippen LogP contribution >= 0.6 is 0 Å². The average molecular weight is 639 g/mol. The lowest BCUT2D eigenvalue weighted by atomic mass is 10.0. The van der Waals surface area contributed by atoms with E-state index in [2.05, 4.69) is 42.0 Å². The number of hydrogen-bond acceptors (Lipinski definition) is 5. The number of unbranched alkanes of at least 4 members (excludes halogenated alkanes) is 14. The topological polar surface area (TPSA) is 137 Å². The third-order valence-corrected chi connectivity index (χ3v) is 8.31. The van der Waals surface area contributed by atoms with E-state index in [0.717, 1.165) is 64.5 Å². The van der Waals surface area contributed by atoms with Crippen LogP contribution in [0.2, 0.25) is 0 Å². The van der Waals surface area contributed by atoms with E-state index >= 15 is 0 Å². The van der Waals surface area contributed by atoms with Crippen molar-refractivity contribution in [1.29, 1.82) is 0 Å². The Kier molecular flexibility index (Phi) is 29.0. The van der Waals surface area contributed by atoms with E-state index in [0.29, 0.717) is 25.3 Å². The van der Waals surface area contributed by atoms with E-state index in [1.807, 2.05) is 6.92 Å². The Morgan fingerprint density at radius 1 is 0.556 bits per heavy atom. The van der Waals surface area contributed by atoms with E-state index in [1.165, 1.54) is 64.2 Å². The number of carbonyl (C=O) groups is 4. The molecule has 0 spiro atoms. The molecule has 0 aliphatic carbocycles. The van der Waals surface area contributed by atoms with Crippen LogP contribution in [0.1, 0.15) is 169 Å². The second kappa shape index (κ2) is 30.5. The summed E-state index contributed by atoms with van der Waals surface area (Å²) in [6, 6.07) is -1.78. The maximum absolute atomic E-state index is 12.9. The minimum atomic E-state index is -1.15. The summed E-state index contributed by atoms with van der Waals surface area (Å²) in [4.78, 5) is 49.8. The van der Waals surface area contributed by atoms with Crippen LogP contribution in [0.25, 0.3) is 0 Å². The summed E-state index contributed by atoms with van der Waals surface area (Å²) < 4.78 is 0. The molecule has 0 fully saturated rings. The molecule has 45 heavy (non-hydrogen) atoms. The number of hydrogen-bond donors (Lipinski definition) is 5. The van der Waals surface area contributed by atoms with Crippen LogP contribution in [0.4, 0.5) is 0 Å². The first kappa shape index (κ1) is 42.8.